The molecule has 128 valence electrons. The van der Waals surface area contributed by atoms with Crippen LogP contribution in [0.1, 0.15) is 24.5 Å². The van der Waals surface area contributed by atoms with E-state index in [0.29, 0.717) is 12.6 Å². The first-order valence-corrected chi connectivity index (χ1v) is 8.83. The highest BCUT2D eigenvalue weighted by molar-refractivity contribution is 5.55. The van der Waals surface area contributed by atoms with E-state index in [1.165, 1.54) is 16.8 Å². The number of nitrogens with zero attached hydrogens (tertiary/aromatic N) is 2. The molecule has 2 N–H and O–H groups in total. The molecule has 3 heteroatoms. The fourth-order valence-electron chi connectivity index (χ4n) is 4.03. The lowest BCUT2D eigenvalue weighted by Crippen LogP contribution is -2.54. The van der Waals surface area contributed by atoms with Gasteiger partial charge >= 0.3 is 0 Å². The predicted molar refractivity (Wildman–Crippen MR) is 102 cm³/mol. The fourth-order valence-corrected chi connectivity index (χ4v) is 4.03. The molecule has 1 saturated heterocycles. The minimum atomic E-state index is 0.000308. The van der Waals surface area contributed by atoms with Gasteiger partial charge in [0.05, 0.1) is 5.54 Å². The molecule has 0 aromatic heterocycles. The molecule has 2 aromatic rings. The lowest BCUT2D eigenvalue weighted by atomic mass is 9.93. The van der Waals surface area contributed by atoms with Crippen molar-refractivity contribution >= 4 is 5.69 Å². The van der Waals surface area contributed by atoms with Gasteiger partial charge in [-0.15, -0.1) is 0 Å². The second kappa shape index (κ2) is 6.96. The standard InChI is InChI=1S/C21H29N3/c1-17-9-7-8-12-20(17)23(3)21(15-22)13-18(2)24(16-21)14-19-10-5-4-6-11-19/h4-12,18H,13-16,22H2,1-3H3. The van der Waals surface area contributed by atoms with Gasteiger partial charge in [0.1, 0.15) is 0 Å². The Morgan fingerprint density at radius 2 is 1.79 bits per heavy atom. The number of likely N-dealkylation sites (tertiary alicyclic amines) is 1. The molecule has 24 heavy (non-hydrogen) atoms. The van der Waals surface area contributed by atoms with Crippen LogP contribution in [0.5, 0.6) is 0 Å². The summed E-state index contributed by atoms with van der Waals surface area (Å²) in [6.07, 6.45) is 1.10. The summed E-state index contributed by atoms with van der Waals surface area (Å²) < 4.78 is 0. The summed E-state index contributed by atoms with van der Waals surface area (Å²) in [6, 6.07) is 19.8. The second-order valence-corrected chi connectivity index (χ2v) is 7.22. The summed E-state index contributed by atoms with van der Waals surface area (Å²) in [5.41, 5.74) is 10.3. The van der Waals surface area contributed by atoms with Crippen LogP contribution in [0.3, 0.4) is 0 Å². The van der Waals surface area contributed by atoms with Crippen molar-refractivity contribution in [3.63, 3.8) is 0 Å². The van der Waals surface area contributed by atoms with E-state index < -0.39 is 0 Å². The molecule has 0 spiro atoms. The van der Waals surface area contributed by atoms with Crippen molar-refractivity contribution in [1.82, 2.24) is 4.90 Å². The lowest BCUT2D eigenvalue weighted by molar-refractivity contribution is 0.251. The van der Waals surface area contributed by atoms with Gasteiger partial charge in [-0.3, -0.25) is 4.90 Å². The average Bonchev–Trinajstić information content (AvgIpc) is 2.93. The zero-order chi connectivity index (χ0) is 17.2. The first-order valence-electron chi connectivity index (χ1n) is 8.83. The molecule has 1 aliphatic rings. The van der Waals surface area contributed by atoms with Crippen LogP contribution in [0.15, 0.2) is 54.6 Å². The van der Waals surface area contributed by atoms with Crippen LogP contribution in [0.25, 0.3) is 0 Å². The summed E-state index contributed by atoms with van der Waals surface area (Å²) >= 11 is 0. The molecule has 0 aliphatic carbocycles. The van der Waals surface area contributed by atoms with Crippen LogP contribution in [-0.4, -0.2) is 36.6 Å². The molecule has 0 amide bonds. The molecular formula is C21H29N3. The van der Waals surface area contributed by atoms with E-state index in [-0.39, 0.29) is 5.54 Å². The van der Waals surface area contributed by atoms with Crippen molar-refractivity contribution in [3.8, 4) is 0 Å². The highest BCUT2D eigenvalue weighted by Crippen LogP contribution is 2.36. The Kier molecular flexibility index (Phi) is 4.93. The maximum Gasteiger partial charge on any atom is 0.0662 e. The number of anilines is 1. The van der Waals surface area contributed by atoms with Crippen molar-refractivity contribution in [3.05, 3.63) is 65.7 Å². The molecule has 0 saturated carbocycles. The van der Waals surface area contributed by atoms with Crippen LogP contribution in [-0.2, 0) is 6.54 Å². The third kappa shape index (κ3) is 3.19. The van der Waals surface area contributed by atoms with Gasteiger partial charge in [0.15, 0.2) is 0 Å². The minimum Gasteiger partial charge on any atom is -0.366 e. The van der Waals surface area contributed by atoms with Crippen molar-refractivity contribution in [1.29, 1.82) is 0 Å². The molecule has 0 radical (unpaired) electrons. The van der Waals surface area contributed by atoms with Gasteiger partial charge in [-0.25, -0.2) is 0 Å². The average molecular weight is 323 g/mol. The summed E-state index contributed by atoms with van der Waals surface area (Å²) in [5.74, 6) is 0. The Morgan fingerprint density at radius 3 is 2.46 bits per heavy atom. The van der Waals surface area contributed by atoms with Gasteiger partial charge in [0.2, 0.25) is 0 Å². The van der Waals surface area contributed by atoms with Gasteiger partial charge < -0.3 is 10.6 Å². The van der Waals surface area contributed by atoms with E-state index in [1.807, 2.05) is 0 Å². The van der Waals surface area contributed by atoms with Crippen LogP contribution < -0.4 is 10.6 Å². The van der Waals surface area contributed by atoms with Crippen molar-refractivity contribution in [2.24, 2.45) is 5.73 Å². The maximum atomic E-state index is 6.31. The summed E-state index contributed by atoms with van der Waals surface area (Å²) in [6.45, 7) is 7.17. The monoisotopic (exact) mass is 323 g/mol. The first kappa shape index (κ1) is 17.0. The van der Waals surface area contributed by atoms with Crippen LogP contribution >= 0.6 is 0 Å². The molecule has 1 fully saturated rings. The second-order valence-electron chi connectivity index (χ2n) is 7.22. The van der Waals surface area contributed by atoms with Crippen LogP contribution in [0.4, 0.5) is 5.69 Å². The van der Waals surface area contributed by atoms with Gasteiger partial charge in [-0.1, -0.05) is 48.5 Å². The number of hydrogen-bond acceptors (Lipinski definition) is 3. The third-order valence-electron chi connectivity index (χ3n) is 5.59. The first-order chi connectivity index (χ1) is 11.6. The number of likely N-dealkylation sites (N-methyl/N-ethyl adjacent to an activating group) is 1. The van der Waals surface area contributed by atoms with Crippen molar-refractivity contribution in [2.45, 2.75) is 38.4 Å². The highest BCUT2D eigenvalue weighted by Gasteiger charge is 2.44. The summed E-state index contributed by atoms with van der Waals surface area (Å²) in [4.78, 5) is 4.99. The molecule has 2 unspecified atom stereocenters. The Balaban J connectivity index is 1.82. The Bertz CT molecular complexity index is 670. The van der Waals surface area contributed by atoms with Crippen LogP contribution in [0.2, 0.25) is 0 Å². The predicted octanol–water partition coefficient (Wildman–Crippen LogP) is 3.42. The molecule has 0 bridgehead atoms. The van der Waals surface area contributed by atoms with E-state index >= 15 is 0 Å². The molecular weight excluding hydrogens is 294 g/mol. The Labute approximate surface area is 146 Å². The van der Waals surface area contributed by atoms with Crippen molar-refractivity contribution in [2.75, 3.05) is 25.0 Å². The SMILES string of the molecule is Cc1ccccc1N(C)C1(CN)CC(C)N(Cc2ccccc2)C1. The van der Waals surface area contributed by atoms with Gasteiger partial charge in [0, 0.05) is 38.4 Å². The molecule has 3 nitrogen and oxygen atoms in total. The topological polar surface area (TPSA) is 32.5 Å². The normalized spacial score (nSPS) is 24.2. The van der Waals surface area contributed by atoms with E-state index in [9.17, 15) is 0 Å². The van der Waals surface area contributed by atoms with Gasteiger partial charge in [-0.2, -0.15) is 0 Å². The lowest BCUT2D eigenvalue weighted by Gasteiger charge is -2.40. The van der Waals surface area contributed by atoms with E-state index in [4.69, 9.17) is 5.73 Å². The van der Waals surface area contributed by atoms with Gasteiger partial charge in [-0.05, 0) is 37.5 Å². The zero-order valence-electron chi connectivity index (χ0n) is 15.1. The smallest absolute Gasteiger partial charge is 0.0662 e. The number of para-hydroxylation sites is 1. The van der Waals surface area contributed by atoms with Crippen molar-refractivity contribution < 1.29 is 0 Å². The largest absolute Gasteiger partial charge is 0.366 e. The number of rotatable bonds is 5. The Morgan fingerprint density at radius 1 is 1.12 bits per heavy atom. The number of aryl methyl sites for hydroxylation is 1. The van der Waals surface area contributed by atoms with E-state index in [1.54, 1.807) is 0 Å². The number of benzene rings is 2. The minimum absolute atomic E-state index is 0.000308. The molecule has 2 aromatic carbocycles. The third-order valence-corrected chi connectivity index (χ3v) is 5.59. The number of hydrogen-bond donors (Lipinski definition) is 1. The van der Waals surface area contributed by atoms with E-state index in [0.717, 1.165) is 19.5 Å². The molecule has 1 aliphatic heterocycles. The van der Waals surface area contributed by atoms with E-state index in [2.05, 4.69) is 85.3 Å². The Hall–Kier alpha value is -1.84. The van der Waals surface area contributed by atoms with Crippen LogP contribution in [0, 0.1) is 6.92 Å². The summed E-state index contributed by atoms with van der Waals surface area (Å²) in [5, 5.41) is 0. The molecule has 3 rings (SSSR count). The number of nitrogens with two attached hydrogens (primary N) is 1. The highest BCUT2D eigenvalue weighted by atomic mass is 15.3. The fraction of sp³-hybridized carbons (Fsp3) is 0.429. The molecule has 2 atom stereocenters. The van der Waals surface area contributed by atoms with Gasteiger partial charge in [0.25, 0.3) is 0 Å². The molecule has 1 heterocycles. The zero-order valence-corrected chi connectivity index (χ0v) is 15.1. The maximum absolute atomic E-state index is 6.31. The quantitative estimate of drug-likeness (QED) is 0.915. The summed E-state index contributed by atoms with van der Waals surface area (Å²) in [7, 11) is 2.20.